The van der Waals surface area contributed by atoms with Gasteiger partial charge in [0.05, 0.1) is 17.4 Å². The molecule has 0 N–H and O–H groups in total. The van der Waals surface area contributed by atoms with Crippen LogP contribution in [0.15, 0.2) is 42.7 Å². The van der Waals surface area contributed by atoms with Crippen LogP contribution < -0.4 is 0 Å². The number of fused-ring (bicyclic) bond motifs is 2. The van der Waals surface area contributed by atoms with Crippen LogP contribution in [0.1, 0.15) is 5.56 Å². The largest absolute Gasteiger partial charge is 0.274 e. The van der Waals surface area contributed by atoms with Crippen molar-refractivity contribution in [2.75, 3.05) is 0 Å². The molecule has 150 valence electrons. The average Bonchev–Trinajstić information content (AvgIpc) is 3.27. The molecule has 0 spiro atoms. The van der Waals surface area contributed by atoms with Crippen LogP contribution >= 0.6 is 0 Å². The lowest BCUT2D eigenvalue weighted by Gasteiger charge is -2.05. The maximum absolute atomic E-state index is 15.0. The fourth-order valence-corrected chi connectivity index (χ4v) is 3.68. The van der Waals surface area contributed by atoms with Crippen LogP contribution in [0.4, 0.5) is 17.6 Å². The van der Waals surface area contributed by atoms with E-state index in [1.807, 2.05) is 0 Å². The predicted molar refractivity (Wildman–Crippen MR) is 103 cm³/mol. The Morgan fingerprint density at radius 3 is 2.40 bits per heavy atom. The molecule has 0 saturated carbocycles. The number of rotatable bonds is 2. The van der Waals surface area contributed by atoms with Crippen molar-refractivity contribution >= 4 is 21.8 Å². The van der Waals surface area contributed by atoms with Gasteiger partial charge in [-0.2, -0.15) is 14.6 Å². The molecular formula is C21H13F4N5. The summed E-state index contributed by atoms with van der Waals surface area (Å²) < 4.78 is 59.7. The fourth-order valence-electron chi connectivity index (χ4n) is 3.68. The van der Waals surface area contributed by atoms with Crippen LogP contribution in [0.2, 0.25) is 0 Å². The van der Waals surface area contributed by atoms with Crippen molar-refractivity contribution in [3.63, 3.8) is 0 Å². The maximum atomic E-state index is 15.0. The van der Waals surface area contributed by atoms with Gasteiger partial charge in [0.2, 0.25) is 5.95 Å². The van der Waals surface area contributed by atoms with Gasteiger partial charge in [0.25, 0.3) is 0 Å². The topological polar surface area (TPSA) is 48.5 Å². The first-order valence-corrected chi connectivity index (χ1v) is 8.96. The van der Waals surface area contributed by atoms with E-state index in [-0.39, 0.29) is 27.7 Å². The van der Waals surface area contributed by atoms with Crippen LogP contribution in [0.3, 0.4) is 0 Å². The van der Waals surface area contributed by atoms with Crippen LogP contribution in [0, 0.1) is 30.3 Å². The van der Waals surface area contributed by atoms with Gasteiger partial charge in [-0.15, -0.1) is 0 Å². The smallest absolute Gasteiger partial charge is 0.212 e. The third-order valence-electron chi connectivity index (χ3n) is 5.04. The van der Waals surface area contributed by atoms with E-state index in [0.717, 1.165) is 12.1 Å². The van der Waals surface area contributed by atoms with E-state index in [4.69, 9.17) is 0 Å². The Kier molecular flexibility index (Phi) is 3.89. The van der Waals surface area contributed by atoms with Gasteiger partial charge in [-0.05, 0) is 31.2 Å². The summed E-state index contributed by atoms with van der Waals surface area (Å²) >= 11 is 0. The standard InChI is InChI=1S/C21H13F4N5/c1-10-14(22)5-4-12-20(28-30(21(10)12)11-3-6-17(25)26-8-11)18-13-9-29(2)27-19(13)16(24)7-15(18)23/h3-9H,1-2H3. The highest BCUT2D eigenvalue weighted by Crippen LogP contribution is 2.38. The van der Waals surface area contributed by atoms with Crippen molar-refractivity contribution in [1.29, 1.82) is 0 Å². The molecule has 5 rings (SSSR count). The first kappa shape index (κ1) is 18.3. The lowest BCUT2D eigenvalue weighted by molar-refractivity contribution is 0.582. The van der Waals surface area contributed by atoms with Crippen LogP contribution in [0.5, 0.6) is 0 Å². The first-order valence-electron chi connectivity index (χ1n) is 8.96. The zero-order chi connectivity index (χ0) is 21.2. The highest BCUT2D eigenvalue weighted by molar-refractivity contribution is 6.04. The van der Waals surface area contributed by atoms with Gasteiger partial charge < -0.3 is 0 Å². The van der Waals surface area contributed by atoms with Crippen LogP contribution in [-0.2, 0) is 7.05 Å². The second kappa shape index (κ2) is 6.38. The van der Waals surface area contributed by atoms with Gasteiger partial charge in [-0.3, -0.25) is 4.68 Å². The number of pyridine rings is 1. The molecule has 2 aromatic carbocycles. The molecular weight excluding hydrogens is 398 g/mol. The van der Waals surface area contributed by atoms with Gasteiger partial charge in [0, 0.05) is 41.2 Å². The lowest BCUT2D eigenvalue weighted by Crippen LogP contribution is -2.00. The third kappa shape index (κ3) is 2.58. The summed E-state index contributed by atoms with van der Waals surface area (Å²) in [5.41, 5.74) is 1.25. The number of aryl methyl sites for hydroxylation is 2. The summed E-state index contributed by atoms with van der Waals surface area (Å²) in [5.74, 6) is -2.77. The number of benzene rings is 2. The number of nitrogens with zero attached hydrogens (tertiary/aromatic N) is 5. The SMILES string of the molecule is Cc1c(F)ccc2c(-c3c(F)cc(F)c4nn(C)cc34)nn(-c3ccc(F)nc3)c12. The fraction of sp³-hybridized carbons (Fsp3) is 0.0952. The van der Waals surface area contributed by atoms with Crippen LogP contribution in [0.25, 0.3) is 38.8 Å². The second-order valence-corrected chi connectivity index (χ2v) is 6.95. The molecule has 0 bridgehead atoms. The summed E-state index contributed by atoms with van der Waals surface area (Å²) in [4.78, 5) is 3.62. The molecule has 0 saturated heterocycles. The van der Waals surface area contributed by atoms with E-state index in [2.05, 4.69) is 15.2 Å². The van der Waals surface area contributed by atoms with Gasteiger partial charge in [-0.1, -0.05) is 0 Å². The predicted octanol–water partition coefficient (Wildman–Crippen LogP) is 4.84. The molecule has 9 heteroatoms. The summed E-state index contributed by atoms with van der Waals surface area (Å²) in [6, 6.07) is 6.08. The van der Waals surface area contributed by atoms with Gasteiger partial charge >= 0.3 is 0 Å². The number of hydrogen-bond donors (Lipinski definition) is 0. The summed E-state index contributed by atoms with van der Waals surface area (Å²) in [5, 5.41) is 9.24. The summed E-state index contributed by atoms with van der Waals surface area (Å²) in [7, 11) is 1.60. The first-order chi connectivity index (χ1) is 14.3. The normalized spacial score (nSPS) is 11.7. The molecule has 30 heavy (non-hydrogen) atoms. The summed E-state index contributed by atoms with van der Waals surface area (Å²) in [6.45, 7) is 1.57. The molecule has 0 aliphatic rings. The molecule has 5 aromatic rings. The Hall–Kier alpha value is -3.75. The summed E-state index contributed by atoms with van der Waals surface area (Å²) in [6.07, 6.45) is 2.74. The zero-order valence-electron chi connectivity index (χ0n) is 15.8. The highest BCUT2D eigenvalue weighted by atomic mass is 19.1. The Morgan fingerprint density at radius 2 is 1.67 bits per heavy atom. The Labute approximate surface area is 167 Å². The van der Waals surface area contributed by atoms with Crippen LogP contribution in [-0.4, -0.2) is 24.5 Å². The lowest BCUT2D eigenvalue weighted by atomic mass is 10.0. The molecule has 5 nitrogen and oxygen atoms in total. The van der Waals surface area contributed by atoms with E-state index < -0.39 is 23.4 Å². The molecule has 3 aromatic heterocycles. The highest BCUT2D eigenvalue weighted by Gasteiger charge is 2.24. The number of hydrogen-bond acceptors (Lipinski definition) is 3. The molecule has 0 fully saturated rings. The quantitative estimate of drug-likeness (QED) is 0.309. The van der Waals surface area contributed by atoms with E-state index >= 15 is 0 Å². The van der Waals surface area contributed by atoms with Crippen molar-refractivity contribution in [2.24, 2.45) is 7.05 Å². The molecule has 3 heterocycles. The number of halogens is 4. The van der Waals surface area contributed by atoms with E-state index in [0.29, 0.717) is 16.6 Å². The average molecular weight is 411 g/mol. The molecule has 0 radical (unpaired) electrons. The van der Waals surface area contributed by atoms with E-state index in [1.54, 1.807) is 14.0 Å². The minimum absolute atomic E-state index is 0.00103. The Morgan fingerprint density at radius 1 is 0.867 bits per heavy atom. The van der Waals surface area contributed by atoms with Crippen molar-refractivity contribution < 1.29 is 17.6 Å². The van der Waals surface area contributed by atoms with Gasteiger partial charge in [-0.25, -0.2) is 22.8 Å². The van der Waals surface area contributed by atoms with Gasteiger partial charge in [0.1, 0.15) is 22.8 Å². The third-order valence-corrected chi connectivity index (χ3v) is 5.04. The van der Waals surface area contributed by atoms with Crippen molar-refractivity contribution in [2.45, 2.75) is 6.92 Å². The van der Waals surface area contributed by atoms with E-state index in [1.165, 1.54) is 40.0 Å². The Bertz CT molecular complexity index is 1450. The van der Waals surface area contributed by atoms with Crippen molar-refractivity contribution in [3.05, 3.63) is 71.7 Å². The molecule has 0 aliphatic heterocycles. The van der Waals surface area contributed by atoms with Crippen molar-refractivity contribution in [1.82, 2.24) is 24.5 Å². The minimum Gasteiger partial charge on any atom is -0.274 e. The minimum atomic E-state index is -0.821. The molecule has 0 unspecified atom stereocenters. The van der Waals surface area contributed by atoms with E-state index in [9.17, 15) is 17.6 Å². The van der Waals surface area contributed by atoms with Gasteiger partial charge in [0.15, 0.2) is 5.82 Å². The Balaban J connectivity index is 1.92. The monoisotopic (exact) mass is 411 g/mol. The number of aromatic nitrogens is 5. The second-order valence-electron chi connectivity index (χ2n) is 6.95. The molecule has 0 amide bonds. The maximum Gasteiger partial charge on any atom is 0.212 e. The zero-order valence-corrected chi connectivity index (χ0v) is 15.8. The molecule has 0 aliphatic carbocycles. The molecule has 0 atom stereocenters. The van der Waals surface area contributed by atoms with Crippen molar-refractivity contribution in [3.8, 4) is 16.9 Å².